The van der Waals surface area contributed by atoms with Crippen molar-refractivity contribution in [3.05, 3.63) is 48.1 Å². The van der Waals surface area contributed by atoms with Crippen molar-refractivity contribution >= 4 is 23.8 Å². The normalized spacial score (nSPS) is 16.8. The molecule has 1 atom stereocenters. The third-order valence-electron chi connectivity index (χ3n) is 3.28. The Hall–Kier alpha value is -2.21. The zero-order valence-electron chi connectivity index (χ0n) is 14.9. The van der Waals surface area contributed by atoms with Crippen molar-refractivity contribution in [2.75, 3.05) is 6.26 Å². The first-order chi connectivity index (χ1) is 11.8. The molecule has 0 aromatic heterocycles. The van der Waals surface area contributed by atoms with Crippen molar-refractivity contribution in [3.63, 3.8) is 0 Å². The van der Waals surface area contributed by atoms with Crippen LogP contribution in [0, 0.1) is 0 Å². The Kier molecular flexibility index (Phi) is 6.31. The summed E-state index contributed by atoms with van der Waals surface area (Å²) in [5.41, 5.74) is -0.0749. The molecule has 0 spiro atoms. The Balaban J connectivity index is 1.97. The van der Waals surface area contributed by atoms with Gasteiger partial charge in [0, 0.05) is 10.5 Å². The van der Waals surface area contributed by atoms with Gasteiger partial charge in [-0.1, -0.05) is 12.2 Å². The quantitative estimate of drug-likeness (QED) is 0.379. The van der Waals surface area contributed by atoms with E-state index in [9.17, 15) is 9.59 Å². The summed E-state index contributed by atoms with van der Waals surface area (Å²) in [5.74, 6) is 0.0761. The van der Waals surface area contributed by atoms with E-state index in [0.717, 1.165) is 4.90 Å². The summed E-state index contributed by atoms with van der Waals surface area (Å²) >= 11 is 1.62. The van der Waals surface area contributed by atoms with Crippen molar-refractivity contribution in [2.24, 2.45) is 0 Å². The van der Waals surface area contributed by atoms with E-state index in [1.165, 1.54) is 0 Å². The smallest absolute Gasteiger partial charge is 0.408 e. The predicted octanol–water partition coefficient (Wildman–Crippen LogP) is 4.09. The van der Waals surface area contributed by atoms with Gasteiger partial charge >= 0.3 is 12.1 Å². The highest BCUT2D eigenvalue weighted by Gasteiger charge is 2.21. The fourth-order valence-corrected chi connectivity index (χ4v) is 2.59. The van der Waals surface area contributed by atoms with Crippen molar-refractivity contribution in [1.82, 2.24) is 5.32 Å². The molecule has 25 heavy (non-hydrogen) atoms. The molecule has 0 heterocycles. The number of benzene rings is 1. The lowest BCUT2D eigenvalue weighted by molar-refractivity contribution is -0.130. The average Bonchev–Trinajstić information content (AvgIpc) is 2.54. The van der Waals surface area contributed by atoms with Gasteiger partial charge in [0.25, 0.3) is 0 Å². The summed E-state index contributed by atoms with van der Waals surface area (Å²) in [6.45, 7) is 5.39. The molecule has 134 valence electrons. The largest absolute Gasteiger partial charge is 0.444 e. The van der Waals surface area contributed by atoms with Gasteiger partial charge in [-0.2, -0.15) is 0 Å². The number of ether oxygens (including phenoxy) is 2. The van der Waals surface area contributed by atoms with Gasteiger partial charge in [-0.3, -0.25) is 0 Å². The maximum Gasteiger partial charge on any atom is 0.408 e. The van der Waals surface area contributed by atoms with Crippen molar-refractivity contribution in [1.29, 1.82) is 0 Å². The maximum absolute atomic E-state index is 12.3. The minimum atomic E-state index is -0.573. The van der Waals surface area contributed by atoms with Crippen LogP contribution in [-0.4, -0.2) is 30.0 Å². The fraction of sp³-hybridized carbons (Fsp3) is 0.368. The number of esters is 1. The molecule has 6 heteroatoms. The third kappa shape index (κ3) is 6.31. The van der Waals surface area contributed by atoms with Gasteiger partial charge in [-0.15, -0.1) is 11.8 Å². The molecule has 1 aliphatic carbocycles. The molecule has 1 aromatic rings. The molecule has 1 amide bonds. The van der Waals surface area contributed by atoms with Crippen LogP contribution in [-0.2, 0) is 9.53 Å². The van der Waals surface area contributed by atoms with Crippen LogP contribution in [0.2, 0.25) is 0 Å². The van der Waals surface area contributed by atoms with Crippen LogP contribution in [0.3, 0.4) is 0 Å². The average molecular weight is 361 g/mol. The molecule has 1 aromatic carbocycles. The molecule has 0 radical (unpaired) electrons. The number of thioether (sulfide) groups is 1. The molecular formula is C19H23NO4S. The molecule has 2 rings (SSSR count). The van der Waals surface area contributed by atoms with E-state index >= 15 is 0 Å². The van der Waals surface area contributed by atoms with Gasteiger partial charge in [-0.05, 0) is 63.8 Å². The molecule has 0 saturated carbocycles. The monoisotopic (exact) mass is 361 g/mol. The van der Waals surface area contributed by atoms with E-state index in [1.807, 2.05) is 30.5 Å². The van der Waals surface area contributed by atoms with Gasteiger partial charge in [0.05, 0.1) is 6.04 Å². The number of hydrogen-bond acceptors (Lipinski definition) is 5. The highest BCUT2D eigenvalue weighted by molar-refractivity contribution is 7.98. The number of amides is 1. The molecule has 1 aliphatic rings. The molecule has 1 N–H and O–H groups in total. The first-order valence-electron chi connectivity index (χ1n) is 8.00. The summed E-state index contributed by atoms with van der Waals surface area (Å²) in [6.07, 6.45) is 7.25. The first kappa shape index (κ1) is 19.1. The van der Waals surface area contributed by atoms with Crippen molar-refractivity contribution < 1.29 is 19.1 Å². The van der Waals surface area contributed by atoms with Crippen LogP contribution in [0.4, 0.5) is 4.79 Å². The molecule has 0 aliphatic heterocycles. The SMILES string of the molecule is CSc1ccc(OC(=O)C2=CC(NC(=O)OC(C)(C)C)C=CC2)cc1. The molecule has 0 bridgehead atoms. The highest BCUT2D eigenvalue weighted by Crippen LogP contribution is 2.21. The number of nitrogens with one attached hydrogen (secondary N) is 1. The lowest BCUT2D eigenvalue weighted by atomic mass is 10.0. The second-order valence-electron chi connectivity index (χ2n) is 6.56. The second-order valence-corrected chi connectivity index (χ2v) is 7.44. The standard InChI is InChI=1S/C19H23NO4S/c1-19(2,3)24-18(22)20-14-7-5-6-13(12-14)17(21)23-15-8-10-16(25-4)11-9-15/h5,7-12,14H,6H2,1-4H3,(H,20,22). The van der Waals surface area contributed by atoms with Crippen molar-refractivity contribution in [3.8, 4) is 5.75 Å². The topological polar surface area (TPSA) is 64.6 Å². The minimum Gasteiger partial charge on any atom is -0.444 e. The van der Waals surface area contributed by atoms with Crippen LogP contribution >= 0.6 is 11.8 Å². The van der Waals surface area contributed by atoms with Crippen molar-refractivity contribution in [2.45, 2.75) is 43.7 Å². The number of hydrogen-bond donors (Lipinski definition) is 1. The summed E-state index contributed by atoms with van der Waals surface area (Å²) in [7, 11) is 0. The molecule has 5 nitrogen and oxygen atoms in total. The van der Waals surface area contributed by atoms with Crippen LogP contribution in [0.1, 0.15) is 27.2 Å². The predicted molar refractivity (Wildman–Crippen MR) is 98.9 cm³/mol. The lowest BCUT2D eigenvalue weighted by Gasteiger charge is -2.22. The summed E-state index contributed by atoms with van der Waals surface area (Å²) in [5, 5.41) is 2.70. The molecular weight excluding hydrogens is 338 g/mol. The minimum absolute atomic E-state index is 0.398. The fourth-order valence-electron chi connectivity index (χ4n) is 2.18. The van der Waals surface area contributed by atoms with E-state index in [0.29, 0.717) is 17.7 Å². The van der Waals surface area contributed by atoms with E-state index in [2.05, 4.69) is 5.32 Å². The van der Waals surface area contributed by atoms with Gasteiger partial charge in [0.15, 0.2) is 0 Å². The number of alkyl carbamates (subject to hydrolysis) is 1. The number of rotatable bonds is 4. The van der Waals surface area contributed by atoms with E-state index < -0.39 is 23.7 Å². The second kappa shape index (κ2) is 8.25. The van der Waals surface area contributed by atoms with Crippen LogP contribution in [0.25, 0.3) is 0 Å². The Morgan fingerprint density at radius 1 is 1.20 bits per heavy atom. The summed E-state index contributed by atoms with van der Waals surface area (Å²) in [4.78, 5) is 25.2. The van der Waals surface area contributed by atoms with E-state index in [4.69, 9.17) is 9.47 Å². The van der Waals surface area contributed by atoms with E-state index in [1.54, 1.807) is 50.7 Å². The number of carbonyl (C=O) groups excluding carboxylic acids is 2. The highest BCUT2D eigenvalue weighted by atomic mass is 32.2. The molecule has 0 fully saturated rings. The number of carbonyl (C=O) groups is 2. The Morgan fingerprint density at radius 3 is 2.48 bits per heavy atom. The zero-order chi connectivity index (χ0) is 18.4. The van der Waals surface area contributed by atoms with Crippen LogP contribution < -0.4 is 10.1 Å². The Bertz CT molecular complexity index is 686. The van der Waals surface area contributed by atoms with Crippen LogP contribution in [0.15, 0.2) is 53.0 Å². The lowest BCUT2D eigenvalue weighted by Crippen LogP contribution is -2.38. The summed E-state index contributed by atoms with van der Waals surface area (Å²) in [6, 6.07) is 6.92. The molecule has 1 unspecified atom stereocenters. The molecule has 0 saturated heterocycles. The zero-order valence-corrected chi connectivity index (χ0v) is 15.7. The van der Waals surface area contributed by atoms with Gasteiger partial charge in [0.2, 0.25) is 0 Å². The van der Waals surface area contributed by atoms with Gasteiger partial charge in [0.1, 0.15) is 11.4 Å². The van der Waals surface area contributed by atoms with Crippen LogP contribution in [0.5, 0.6) is 5.75 Å². The van der Waals surface area contributed by atoms with Gasteiger partial charge in [-0.25, -0.2) is 9.59 Å². The van der Waals surface area contributed by atoms with Gasteiger partial charge < -0.3 is 14.8 Å². The van der Waals surface area contributed by atoms with E-state index in [-0.39, 0.29) is 0 Å². The summed E-state index contributed by atoms with van der Waals surface area (Å²) < 4.78 is 10.6. The maximum atomic E-state index is 12.3. The third-order valence-corrected chi connectivity index (χ3v) is 4.02. The Labute approximate surface area is 152 Å². The first-order valence-corrected chi connectivity index (χ1v) is 9.22. The Morgan fingerprint density at radius 2 is 1.88 bits per heavy atom. The number of allylic oxidation sites excluding steroid dienone is 1.